The predicted molar refractivity (Wildman–Crippen MR) is 152 cm³/mol. The van der Waals surface area contributed by atoms with Gasteiger partial charge < -0.3 is 24.8 Å². The Morgan fingerprint density at radius 1 is 1.17 bits per heavy atom. The third kappa shape index (κ3) is 6.25. The van der Waals surface area contributed by atoms with E-state index in [9.17, 15) is 9.59 Å². The van der Waals surface area contributed by atoms with Crippen molar-refractivity contribution >= 4 is 35.6 Å². The predicted octanol–water partition coefficient (Wildman–Crippen LogP) is 2.00. The Labute approximate surface area is 236 Å². The van der Waals surface area contributed by atoms with Gasteiger partial charge in [0.15, 0.2) is 11.5 Å². The van der Waals surface area contributed by atoms with E-state index in [1.807, 2.05) is 48.3 Å². The molecule has 0 atom stereocenters. The number of carbonyl (C=O) groups is 2. The third-order valence-corrected chi connectivity index (χ3v) is 6.39. The van der Waals surface area contributed by atoms with Gasteiger partial charge in [-0.1, -0.05) is 12.1 Å². The van der Waals surface area contributed by atoms with E-state index >= 15 is 0 Å². The van der Waals surface area contributed by atoms with E-state index in [2.05, 4.69) is 20.3 Å². The van der Waals surface area contributed by atoms with Crippen molar-refractivity contribution in [1.29, 1.82) is 0 Å². The highest BCUT2D eigenvalue weighted by molar-refractivity contribution is 6.20. The number of aromatic nitrogens is 2. The first-order valence-electron chi connectivity index (χ1n) is 13.0. The first kappa shape index (κ1) is 27.5. The van der Waals surface area contributed by atoms with Gasteiger partial charge in [0.25, 0.3) is 5.91 Å². The Kier molecular flexibility index (Phi) is 8.34. The quantitative estimate of drug-likeness (QED) is 0.203. The molecule has 3 aromatic rings. The number of fused-ring (bicyclic) bond motifs is 3. The zero-order valence-electron chi connectivity index (χ0n) is 22.7. The van der Waals surface area contributed by atoms with Crippen LogP contribution in [-0.2, 0) is 11.2 Å². The number of nitrogens with one attached hydrogen (secondary N) is 1. The molecule has 3 N–H and O–H groups in total. The molecule has 13 heteroatoms. The molecule has 2 aliphatic rings. The van der Waals surface area contributed by atoms with E-state index < -0.39 is 5.91 Å². The number of aliphatic imine (C=N–C) groups is 2. The molecular formula is C28H30N8O5. The summed E-state index contributed by atoms with van der Waals surface area (Å²) in [5.41, 5.74) is 8.02. The zero-order chi connectivity index (χ0) is 28.8. The molecule has 13 nitrogen and oxygen atoms in total. The summed E-state index contributed by atoms with van der Waals surface area (Å²) in [6.07, 6.45) is 4.64. The molecule has 1 aromatic heterocycles. The number of nitrogens with zero attached hydrogens (tertiary/aromatic N) is 6. The summed E-state index contributed by atoms with van der Waals surface area (Å²) in [7, 11) is 3.39. The number of ether oxygens (including phenoxy) is 2. The molecule has 0 aliphatic carbocycles. The molecule has 0 saturated heterocycles. The van der Waals surface area contributed by atoms with Crippen LogP contribution in [0.4, 0.5) is 11.6 Å². The molecule has 212 valence electrons. The van der Waals surface area contributed by atoms with Gasteiger partial charge in [-0.3, -0.25) is 20.0 Å². The number of rotatable bonds is 11. The highest BCUT2D eigenvalue weighted by Crippen LogP contribution is 2.43. The molecule has 0 bridgehead atoms. The minimum Gasteiger partial charge on any atom is -0.491 e. The fourth-order valence-corrected chi connectivity index (χ4v) is 4.41. The van der Waals surface area contributed by atoms with Crippen molar-refractivity contribution < 1.29 is 23.9 Å². The van der Waals surface area contributed by atoms with E-state index in [4.69, 9.17) is 25.0 Å². The van der Waals surface area contributed by atoms with Crippen LogP contribution >= 0.6 is 0 Å². The molecule has 2 aliphatic heterocycles. The summed E-state index contributed by atoms with van der Waals surface area (Å²) in [6.45, 7) is 2.15. The topological polar surface area (TPSA) is 157 Å². The number of nitrogens with two attached hydrogens (primary N) is 1. The molecule has 1 amide bonds. The smallest absolute Gasteiger partial charge is 0.261 e. The standard InChI is InChI=1S/C28H30N8O5/c1-35(41-20-6-4-18(5-7-20)10-14-37)12-3-15-40-22-9-8-21-23(24(22)39-2)33-28(36-13-11-30-25(21)36)34-26(38)19-16-31-27(29)32-17-19/h4-9,14,16-17H,3,10-13,15H2,1-2H3,(H2,29,31,32)(H,33,34,38). The van der Waals surface area contributed by atoms with Crippen molar-refractivity contribution in [1.82, 2.24) is 25.2 Å². The van der Waals surface area contributed by atoms with Gasteiger partial charge in [0.1, 0.15) is 23.6 Å². The normalized spacial score (nSPS) is 13.6. The lowest BCUT2D eigenvalue weighted by atomic mass is 10.1. The van der Waals surface area contributed by atoms with Crippen molar-refractivity contribution in [3.63, 3.8) is 0 Å². The molecule has 0 saturated carbocycles. The summed E-state index contributed by atoms with van der Waals surface area (Å²) in [5, 5.41) is 4.56. The van der Waals surface area contributed by atoms with Crippen LogP contribution in [0, 0.1) is 0 Å². The molecule has 2 aromatic carbocycles. The molecular weight excluding hydrogens is 528 g/mol. The van der Waals surface area contributed by atoms with Gasteiger partial charge in [-0.2, -0.15) is 0 Å². The lowest BCUT2D eigenvalue weighted by Gasteiger charge is -2.28. The number of anilines is 1. The Morgan fingerprint density at radius 2 is 1.95 bits per heavy atom. The van der Waals surface area contributed by atoms with Crippen molar-refractivity contribution in [3.8, 4) is 17.2 Å². The number of hydrogen-bond donors (Lipinski definition) is 2. The maximum atomic E-state index is 12.9. The van der Waals surface area contributed by atoms with E-state index in [-0.39, 0.29) is 11.5 Å². The van der Waals surface area contributed by atoms with Crippen LogP contribution in [0.1, 0.15) is 27.9 Å². The average molecular weight is 559 g/mol. The number of amides is 1. The van der Waals surface area contributed by atoms with E-state index in [1.54, 1.807) is 12.2 Å². The van der Waals surface area contributed by atoms with Gasteiger partial charge in [-0.25, -0.2) is 15.0 Å². The van der Waals surface area contributed by atoms with Crippen LogP contribution in [0.15, 0.2) is 58.8 Å². The maximum absolute atomic E-state index is 12.9. The Morgan fingerprint density at radius 3 is 2.68 bits per heavy atom. The van der Waals surface area contributed by atoms with Crippen molar-refractivity contribution in [2.75, 3.05) is 46.1 Å². The Hall–Kier alpha value is -5.04. The Bertz CT molecular complexity index is 1470. The summed E-state index contributed by atoms with van der Waals surface area (Å²) >= 11 is 0. The second-order valence-electron chi connectivity index (χ2n) is 9.23. The summed E-state index contributed by atoms with van der Waals surface area (Å²) in [5.74, 6) is 2.33. The van der Waals surface area contributed by atoms with Crippen molar-refractivity contribution in [2.45, 2.75) is 12.8 Å². The van der Waals surface area contributed by atoms with E-state index in [1.165, 1.54) is 12.4 Å². The van der Waals surface area contributed by atoms with Crippen molar-refractivity contribution in [2.24, 2.45) is 9.98 Å². The number of nitrogen functional groups attached to an aromatic ring is 1. The van der Waals surface area contributed by atoms with Crippen LogP contribution in [0.25, 0.3) is 0 Å². The maximum Gasteiger partial charge on any atom is 0.261 e. The van der Waals surface area contributed by atoms with Gasteiger partial charge >= 0.3 is 0 Å². The average Bonchev–Trinajstić information content (AvgIpc) is 3.47. The second kappa shape index (κ2) is 12.4. The van der Waals surface area contributed by atoms with Crippen LogP contribution < -0.4 is 25.4 Å². The molecule has 0 unspecified atom stereocenters. The molecule has 41 heavy (non-hydrogen) atoms. The van der Waals surface area contributed by atoms with Crippen molar-refractivity contribution in [3.05, 3.63) is 65.5 Å². The molecule has 5 rings (SSSR count). The van der Waals surface area contributed by atoms with Gasteiger partial charge in [0, 0.05) is 44.5 Å². The number of hydroxylamine groups is 2. The summed E-state index contributed by atoms with van der Waals surface area (Å²) in [6, 6.07) is 11.1. The number of methoxy groups -OCH3 is 1. The van der Waals surface area contributed by atoms with Crippen LogP contribution in [0.2, 0.25) is 0 Å². The fraction of sp³-hybridized carbons (Fsp3) is 0.286. The number of aldehydes is 1. The largest absolute Gasteiger partial charge is 0.491 e. The highest BCUT2D eigenvalue weighted by atomic mass is 16.7. The lowest BCUT2D eigenvalue weighted by molar-refractivity contribution is -0.107. The summed E-state index contributed by atoms with van der Waals surface area (Å²) < 4.78 is 11.8. The minimum absolute atomic E-state index is 0.0811. The van der Waals surface area contributed by atoms with Crippen LogP contribution in [-0.4, -0.2) is 84.3 Å². The van der Waals surface area contributed by atoms with Gasteiger partial charge in [-0.05, 0) is 36.2 Å². The first-order valence-corrected chi connectivity index (χ1v) is 13.0. The number of benzene rings is 2. The number of amidine groups is 1. The minimum atomic E-state index is -0.423. The zero-order valence-corrected chi connectivity index (χ0v) is 22.7. The first-order chi connectivity index (χ1) is 20.0. The number of hydrogen-bond acceptors (Lipinski definition) is 12. The van der Waals surface area contributed by atoms with Crippen LogP contribution in [0.3, 0.4) is 0 Å². The molecule has 3 heterocycles. The number of carbonyl (C=O) groups excluding carboxylic acids is 2. The van der Waals surface area contributed by atoms with Gasteiger partial charge in [0.05, 0.1) is 25.8 Å². The lowest BCUT2D eigenvalue weighted by Crippen LogP contribution is -2.47. The number of guanidine groups is 1. The monoisotopic (exact) mass is 558 g/mol. The molecule has 0 spiro atoms. The SMILES string of the molecule is COc1c(OCCCN(C)Oc2ccc(CC=O)cc2)ccc2c1N=C(NC(=O)c1cnc(N)nc1)N1CCN=C21. The molecule has 0 fully saturated rings. The third-order valence-electron chi connectivity index (χ3n) is 6.39. The van der Waals surface area contributed by atoms with Crippen LogP contribution in [0.5, 0.6) is 17.2 Å². The van der Waals surface area contributed by atoms with Gasteiger partial charge in [-0.15, -0.1) is 5.06 Å². The molecule has 0 radical (unpaired) electrons. The van der Waals surface area contributed by atoms with E-state index in [0.29, 0.717) is 73.8 Å². The highest BCUT2D eigenvalue weighted by Gasteiger charge is 2.33. The second-order valence-corrected chi connectivity index (χ2v) is 9.23. The summed E-state index contributed by atoms with van der Waals surface area (Å²) in [4.78, 5) is 48.3. The Balaban J connectivity index is 1.25. The van der Waals surface area contributed by atoms with Gasteiger partial charge in [0.2, 0.25) is 11.9 Å². The van der Waals surface area contributed by atoms with E-state index in [0.717, 1.165) is 17.4 Å². The fourth-order valence-electron chi connectivity index (χ4n) is 4.41.